The number of carbonyl (C=O) groups excluding carboxylic acids is 1. The molecule has 4 heteroatoms. The quantitative estimate of drug-likeness (QED) is 0.902. The number of carbonyl (C=O) groups is 1. The highest BCUT2D eigenvalue weighted by Crippen LogP contribution is 2.21. The normalized spacial score (nSPS) is 12.4. The summed E-state index contributed by atoms with van der Waals surface area (Å²) in [5.74, 6) is -0.195. The maximum absolute atomic E-state index is 11.4. The lowest BCUT2D eigenvalue weighted by Crippen LogP contribution is -2.18. The summed E-state index contributed by atoms with van der Waals surface area (Å²) in [4.78, 5) is 15.8. The summed E-state index contributed by atoms with van der Waals surface area (Å²) in [7, 11) is 0. The molecule has 0 saturated heterocycles. The molecular weight excluding hydrogens is 234 g/mol. The van der Waals surface area contributed by atoms with Crippen molar-refractivity contribution in [3.63, 3.8) is 0 Å². The summed E-state index contributed by atoms with van der Waals surface area (Å²) < 4.78 is 0. The molecule has 1 aromatic heterocycles. The van der Waals surface area contributed by atoms with E-state index in [9.17, 15) is 4.79 Å². The van der Waals surface area contributed by atoms with Crippen molar-refractivity contribution in [3.8, 4) is 11.3 Å². The first-order valence-electron chi connectivity index (χ1n) is 5.37. The fourth-order valence-corrected chi connectivity index (χ4v) is 2.24. The van der Waals surface area contributed by atoms with Gasteiger partial charge in [-0.3, -0.25) is 4.79 Å². The molecule has 2 aromatic rings. The van der Waals surface area contributed by atoms with Crippen LogP contribution in [0.25, 0.3) is 11.3 Å². The molecule has 0 amide bonds. The maximum Gasteiger partial charge on any atom is 0.167 e. The van der Waals surface area contributed by atoms with E-state index in [0.717, 1.165) is 16.3 Å². The van der Waals surface area contributed by atoms with Gasteiger partial charge in [0.1, 0.15) is 11.1 Å². The lowest BCUT2D eigenvalue weighted by Gasteiger charge is -1.99. The van der Waals surface area contributed by atoms with Crippen LogP contribution < -0.4 is 0 Å². The lowest BCUT2D eigenvalue weighted by molar-refractivity contribution is -0.125. The Bertz CT molecular complexity index is 505. The predicted octanol–water partition coefficient (Wildman–Crippen LogP) is 2.30. The van der Waals surface area contributed by atoms with Gasteiger partial charge in [0.15, 0.2) is 5.78 Å². The van der Waals surface area contributed by atoms with E-state index >= 15 is 0 Å². The molecule has 0 radical (unpaired) electrons. The number of benzene rings is 1. The van der Waals surface area contributed by atoms with Gasteiger partial charge in [-0.25, -0.2) is 4.98 Å². The second-order valence-corrected chi connectivity index (χ2v) is 4.75. The monoisotopic (exact) mass is 247 g/mol. The van der Waals surface area contributed by atoms with Crippen molar-refractivity contribution < 1.29 is 9.90 Å². The standard InChI is InChI=1S/C13H13NO2S/c1-9(15)12(16)7-13-14-11(8-17-13)10-5-3-2-4-6-10/h2-6,8-9,15H,7H2,1H3. The number of ketones is 1. The van der Waals surface area contributed by atoms with Crippen molar-refractivity contribution in [2.45, 2.75) is 19.4 Å². The second-order valence-electron chi connectivity index (χ2n) is 3.81. The Kier molecular flexibility index (Phi) is 3.66. The van der Waals surface area contributed by atoms with Crippen LogP contribution >= 0.6 is 11.3 Å². The Hall–Kier alpha value is -1.52. The van der Waals surface area contributed by atoms with E-state index in [4.69, 9.17) is 5.11 Å². The lowest BCUT2D eigenvalue weighted by atomic mass is 10.2. The van der Waals surface area contributed by atoms with Crippen LogP contribution in [0.2, 0.25) is 0 Å². The number of hydrogen-bond donors (Lipinski definition) is 1. The first-order chi connectivity index (χ1) is 8.16. The molecule has 0 spiro atoms. The minimum Gasteiger partial charge on any atom is -0.386 e. The molecule has 0 aliphatic rings. The Morgan fingerprint density at radius 1 is 1.41 bits per heavy atom. The Morgan fingerprint density at radius 3 is 2.76 bits per heavy atom. The van der Waals surface area contributed by atoms with E-state index in [2.05, 4.69) is 4.98 Å². The summed E-state index contributed by atoms with van der Waals surface area (Å²) in [5.41, 5.74) is 1.92. The zero-order valence-corrected chi connectivity index (χ0v) is 10.3. The summed E-state index contributed by atoms with van der Waals surface area (Å²) in [6.07, 6.45) is -0.714. The Labute approximate surface area is 104 Å². The minimum absolute atomic E-state index is 0.195. The highest BCUT2D eigenvalue weighted by atomic mass is 32.1. The number of aliphatic hydroxyl groups excluding tert-OH is 1. The summed E-state index contributed by atoms with van der Waals surface area (Å²) in [6, 6.07) is 9.82. The topological polar surface area (TPSA) is 50.2 Å². The molecular formula is C13H13NO2S. The third kappa shape index (κ3) is 2.99. The van der Waals surface area contributed by atoms with Crippen molar-refractivity contribution in [1.29, 1.82) is 0 Å². The van der Waals surface area contributed by atoms with Crippen LogP contribution in [0.15, 0.2) is 35.7 Å². The molecule has 17 heavy (non-hydrogen) atoms. The van der Waals surface area contributed by atoms with Gasteiger partial charge in [0, 0.05) is 10.9 Å². The molecule has 1 aromatic carbocycles. The van der Waals surface area contributed by atoms with Crippen molar-refractivity contribution in [2.75, 3.05) is 0 Å². The van der Waals surface area contributed by atoms with Crippen molar-refractivity contribution >= 4 is 17.1 Å². The van der Waals surface area contributed by atoms with Crippen LogP contribution in [0, 0.1) is 0 Å². The second kappa shape index (κ2) is 5.21. The first kappa shape index (κ1) is 12.0. The number of aromatic nitrogens is 1. The fraction of sp³-hybridized carbons (Fsp3) is 0.231. The van der Waals surface area contributed by atoms with Gasteiger partial charge < -0.3 is 5.11 Å². The number of nitrogens with zero attached hydrogens (tertiary/aromatic N) is 1. The third-order valence-corrected chi connectivity index (χ3v) is 3.26. The number of Topliss-reactive ketones (excluding diaryl/α,β-unsaturated/α-hetero) is 1. The zero-order valence-electron chi connectivity index (χ0n) is 9.46. The molecule has 0 aliphatic carbocycles. The summed E-state index contributed by atoms with van der Waals surface area (Å²) in [5, 5.41) is 11.8. The number of rotatable bonds is 4. The van der Waals surface area contributed by atoms with Gasteiger partial charge in [-0.05, 0) is 6.92 Å². The van der Waals surface area contributed by atoms with Crippen LogP contribution in [0.1, 0.15) is 11.9 Å². The molecule has 0 saturated carbocycles. The van der Waals surface area contributed by atoms with Gasteiger partial charge in [0.2, 0.25) is 0 Å². The van der Waals surface area contributed by atoms with E-state index in [-0.39, 0.29) is 12.2 Å². The third-order valence-electron chi connectivity index (χ3n) is 2.41. The van der Waals surface area contributed by atoms with Gasteiger partial charge in [0.25, 0.3) is 0 Å². The van der Waals surface area contributed by atoms with E-state index in [1.54, 1.807) is 0 Å². The largest absolute Gasteiger partial charge is 0.386 e. The van der Waals surface area contributed by atoms with E-state index in [1.807, 2.05) is 35.7 Å². The summed E-state index contributed by atoms with van der Waals surface area (Å²) in [6.45, 7) is 1.48. The molecule has 0 aliphatic heterocycles. The molecule has 1 unspecified atom stereocenters. The molecule has 3 nitrogen and oxygen atoms in total. The van der Waals surface area contributed by atoms with Gasteiger partial charge in [-0.15, -0.1) is 11.3 Å². The minimum atomic E-state index is -0.918. The molecule has 1 atom stereocenters. The van der Waals surface area contributed by atoms with Gasteiger partial charge in [-0.2, -0.15) is 0 Å². The van der Waals surface area contributed by atoms with Gasteiger partial charge >= 0.3 is 0 Å². The van der Waals surface area contributed by atoms with E-state index < -0.39 is 6.10 Å². The summed E-state index contributed by atoms with van der Waals surface area (Å²) >= 11 is 1.45. The van der Waals surface area contributed by atoms with Crippen molar-refractivity contribution in [1.82, 2.24) is 4.98 Å². The van der Waals surface area contributed by atoms with Crippen LogP contribution in [-0.2, 0) is 11.2 Å². The van der Waals surface area contributed by atoms with Crippen LogP contribution in [0.3, 0.4) is 0 Å². The first-order valence-corrected chi connectivity index (χ1v) is 6.25. The predicted molar refractivity (Wildman–Crippen MR) is 67.9 cm³/mol. The molecule has 2 rings (SSSR count). The van der Waals surface area contributed by atoms with Crippen LogP contribution in [-0.4, -0.2) is 22.0 Å². The molecule has 1 N–H and O–H groups in total. The highest BCUT2D eigenvalue weighted by Gasteiger charge is 2.12. The average Bonchev–Trinajstić information content (AvgIpc) is 2.78. The van der Waals surface area contributed by atoms with Crippen LogP contribution in [0.5, 0.6) is 0 Å². The van der Waals surface area contributed by atoms with Gasteiger partial charge in [0.05, 0.1) is 12.1 Å². The maximum atomic E-state index is 11.4. The molecule has 0 bridgehead atoms. The SMILES string of the molecule is CC(O)C(=O)Cc1nc(-c2ccccc2)cs1. The van der Waals surface area contributed by atoms with Crippen molar-refractivity contribution in [2.24, 2.45) is 0 Å². The Balaban J connectivity index is 2.14. The van der Waals surface area contributed by atoms with E-state index in [0.29, 0.717) is 0 Å². The smallest absolute Gasteiger partial charge is 0.167 e. The van der Waals surface area contributed by atoms with E-state index in [1.165, 1.54) is 18.3 Å². The fourth-order valence-electron chi connectivity index (χ4n) is 1.43. The highest BCUT2D eigenvalue weighted by molar-refractivity contribution is 7.10. The number of aliphatic hydroxyl groups is 1. The molecule has 88 valence electrons. The van der Waals surface area contributed by atoms with Crippen LogP contribution in [0.4, 0.5) is 0 Å². The van der Waals surface area contributed by atoms with Gasteiger partial charge in [-0.1, -0.05) is 30.3 Å². The molecule has 1 heterocycles. The average molecular weight is 247 g/mol. The Morgan fingerprint density at radius 2 is 2.12 bits per heavy atom. The molecule has 0 fully saturated rings. The number of thiazole rings is 1. The number of hydrogen-bond acceptors (Lipinski definition) is 4. The zero-order chi connectivity index (χ0) is 12.3. The van der Waals surface area contributed by atoms with Crippen molar-refractivity contribution in [3.05, 3.63) is 40.7 Å².